The van der Waals surface area contributed by atoms with E-state index in [2.05, 4.69) is 10.6 Å². The molecule has 1 aromatic rings. The van der Waals surface area contributed by atoms with Crippen molar-refractivity contribution in [3.8, 4) is 5.75 Å². The molecule has 18 heavy (non-hydrogen) atoms. The fraction of sp³-hybridized carbons (Fsp3) is 0.417. The van der Waals surface area contributed by atoms with E-state index >= 15 is 0 Å². The van der Waals surface area contributed by atoms with Crippen molar-refractivity contribution in [2.45, 2.75) is 6.54 Å². The summed E-state index contributed by atoms with van der Waals surface area (Å²) in [5.41, 5.74) is 0.416. The maximum atomic E-state index is 13.0. The van der Waals surface area contributed by atoms with E-state index in [1.807, 2.05) is 0 Å². The number of halogens is 1. The molecule has 0 saturated heterocycles. The van der Waals surface area contributed by atoms with E-state index < -0.39 is 5.82 Å². The number of rotatable bonds is 7. The lowest BCUT2D eigenvalue weighted by Gasteiger charge is -2.08. The molecule has 6 heteroatoms. The highest BCUT2D eigenvalue weighted by Gasteiger charge is 2.06. The van der Waals surface area contributed by atoms with Crippen LogP contribution in [-0.2, 0) is 16.1 Å². The monoisotopic (exact) mass is 256 g/mol. The Balaban J connectivity index is 2.29. The smallest absolute Gasteiger partial charge is 0.234 e. The number of methoxy groups -OCH3 is 1. The van der Waals surface area contributed by atoms with Crippen LogP contribution in [0.4, 0.5) is 4.39 Å². The predicted molar refractivity (Wildman–Crippen MR) is 64.7 cm³/mol. The van der Waals surface area contributed by atoms with Crippen molar-refractivity contribution >= 4 is 5.91 Å². The second-order valence-electron chi connectivity index (χ2n) is 3.69. The maximum Gasteiger partial charge on any atom is 0.234 e. The molecule has 1 aromatic carbocycles. The highest BCUT2D eigenvalue weighted by molar-refractivity contribution is 5.77. The number of ether oxygens (including phenoxy) is 1. The van der Waals surface area contributed by atoms with Gasteiger partial charge in [-0.25, -0.2) is 4.39 Å². The van der Waals surface area contributed by atoms with E-state index in [-0.39, 0.29) is 24.7 Å². The molecule has 0 unspecified atom stereocenters. The topological polar surface area (TPSA) is 70.6 Å². The Morgan fingerprint density at radius 3 is 3.00 bits per heavy atom. The molecule has 0 spiro atoms. The van der Waals surface area contributed by atoms with Gasteiger partial charge in [0.1, 0.15) is 0 Å². The van der Waals surface area contributed by atoms with E-state index in [4.69, 9.17) is 4.74 Å². The van der Waals surface area contributed by atoms with Crippen molar-refractivity contribution in [2.24, 2.45) is 0 Å². The number of phenols is 1. The standard InChI is InChI=1S/C12H17FN2O3/c1-18-6-5-15-11(16)8-14-7-9-3-2-4-10(13)12(9)17/h2-4,14,17H,5-8H2,1H3,(H,15,16). The SMILES string of the molecule is COCCNC(=O)CNCc1cccc(F)c1O. The Bertz CT molecular complexity index is 399. The summed E-state index contributed by atoms with van der Waals surface area (Å²) in [5.74, 6) is -1.23. The zero-order valence-corrected chi connectivity index (χ0v) is 10.2. The number of phenolic OH excluding ortho intramolecular Hbond substituents is 1. The second kappa shape index (κ2) is 7.62. The quantitative estimate of drug-likeness (QED) is 0.617. The summed E-state index contributed by atoms with van der Waals surface area (Å²) in [6, 6.07) is 4.27. The van der Waals surface area contributed by atoms with Gasteiger partial charge in [0.25, 0.3) is 0 Å². The van der Waals surface area contributed by atoms with Gasteiger partial charge in [-0.2, -0.15) is 0 Å². The van der Waals surface area contributed by atoms with Crippen molar-refractivity contribution in [2.75, 3.05) is 26.8 Å². The molecule has 1 rings (SSSR count). The minimum atomic E-state index is -0.668. The minimum Gasteiger partial charge on any atom is -0.505 e. The Morgan fingerprint density at radius 1 is 1.50 bits per heavy atom. The van der Waals surface area contributed by atoms with Gasteiger partial charge in [0.15, 0.2) is 11.6 Å². The summed E-state index contributed by atoms with van der Waals surface area (Å²) in [7, 11) is 1.55. The minimum absolute atomic E-state index is 0.0969. The number of hydrogen-bond donors (Lipinski definition) is 3. The molecular weight excluding hydrogens is 239 g/mol. The molecule has 0 aliphatic rings. The molecule has 0 saturated carbocycles. The van der Waals surface area contributed by atoms with Crippen LogP contribution in [0.1, 0.15) is 5.56 Å². The lowest BCUT2D eigenvalue weighted by molar-refractivity contribution is -0.120. The largest absolute Gasteiger partial charge is 0.505 e. The van der Waals surface area contributed by atoms with Crippen molar-refractivity contribution < 1.29 is 19.0 Å². The van der Waals surface area contributed by atoms with Crippen molar-refractivity contribution in [1.82, 2.24) is 10.6 Å². The molecule has 0 radical (unpaired) electrons. The fourth-order valence-corrected chi connectivity index (χ4v) is 1.37. The molecule has 0 heterocycles. The van der Waals surface area contributed by atoms with Gasteiger partial charge in [-0.05, 0) is 6.07 Å². The van der Waals surface area contributed by atoms with Gasteiger partial charge in [0.05, 0.1) is 13.2 Å². The third kappa shape index (κ3) is 4.68. The molecule has 1 amide bonds. The normalized spacial score (nSPS) is 10.3. The lowest BCUT2D eigenvalue weighted by Crippen LogP contribution is -2.35. The van der Waals surface area contributed by atoms with Crippen LogP contribution in [0.15, 0.2) is 18.2 Å². The first-order valence-electron chi connectivity index (χ1n) is 5.58. The highest BCUT2D eigenvalue weighted by atomic mass is 19.1. The summed E-state index contributed by atoms with van der Waals surface area (Å²) in [6.45, 7) is 1.22. The third-order valence-corrected chi connectivity index (χ3v) is 2.30. The number of benzene rings is 1. The molecular formula is C12H17FN2O3. The van der Waals surface area contributed by atoms with Crippen LogP contribution in [0, 0.1) is 5.82 Å². The van der Waals surface area contributed by atoms with Crippen LogP contribution < -0.4 is 10.6 Å². The molecule has 0 aliphatic heterocycles. The maximum absolute atomic E-state index is 13.0. The highest BCUT2D eigenvalue weighted by Crippen LogP contribution is 2.19. The summed E-state index contributed by atoms with van der Waals surface area (Å²) >= 11 is 0. The Hall–Kier alpha value is -1.66. The van der Waals surface area contributed by atoms with E-state index in [0.717, 1.165) is 0 Å². The van der Waals surface area contributed by atoms with Crippen LogP contribution >= 0.6 is 0 Å². The van der Waals surface area contributed by atoms with Crippen molar-refractivity contribution in [3.63, 3.8) is 0 Å². The Kier molecular flexibility index (Phi) is 6.10. The van der Waals surface area contributed by atoms with Crippen molar-refractivity contribution in [1.29, 1.82) is 0 Å². The average Bonchev–Trinajstić information content (AvgIpc) is 2.35. The molecule has 0 aliphatic carbocycles. The first kappa shape index (κ1) is 14.4. The van der Waals surface area contributed by atoms with Gasteiger partial charge in [-0.15, -0.1) is 0 Å². The van der Waals surface area contributed by atoms with Crippen LogP contribution in [0.2, 0.25) is 0 Å². The fourth-order valence-electron chi connectivity index (χ4n) is 1.37. The number of amides is 1. The van der Waals surface area contributed by atoms with Crippen LogP contribution in [-0.4, -0.2) is 37.8 Å². The number of nitrogens with one attached hydrogen (secondary N) is 2. The summed E-state index contributed by atoms with van der Waals surface area (Å²) in [6.07, 6.45) is 0. The van der Waals surface area contributed by atoms with E-state index in [1.165, 1.54) is 12.1 Å². The van der Waals surface area contributed by atoms with Gasteiger partial charge in [-0.3, -0.25) is 4.79 Å². The first-order valence-corrected chi connectivity index (χ1v) is 5.58. The number of aromatic hydroxyl groups is 1. The van der Waals surface area contributed by atoms with Gasteiger partial charge in [0, 0.05) is 25.8 Å². The second-order valence-corrected chi connectivity index (χ2v) is 3.69. The molecule has 100 valence electrons. The Morgan fingerprint density at radius 2 is 2.28 bits per heavy atom. The number of hydrogen-bond acceptors (Lipinski definition) is 4. The molecule has 3 N–H and O–H groups in total. The summed E-state index contributed by atoms with van der Waals surface area (Å²) in [5, 5.41) is 14.9. The molecule has 0 atom stereocenters. The van der Waals surface area contributed by atoms with E-state index in [1.54, 1.807) is 13.2 Å². The molecule has 5 nitrogen and oxygen atoms in total. The van der Waals surface area contributed by atoms with Gasteiger partial charge in [0.2, 0.25) is 5.91 Å². The average molecular weight is 256 g/mol. The predicted octanol–water partition coefficient (Wildman–Crippen LogP) is 0.384. The van der Waals surface area contributed by atoms with Crippen LogP contribution in [0.25, 0.3) is 0 Å². The van der Waals surface area contributed by atoms with Gasteiger partial charge in [-0.1, -0.05) is 12.1 Å². The van der Waals surface area contributed by atoms with Gasteiger partial charge >= 0.3 is 0 Å². The van der Waals surface area contributed by atoms with Crippen LogP contribution in [0.5, 0.6) is 5.75 Å². The van der Waals surface area contributed by atoms with Crippen LogP contribution in [0.3, 0.4) is 0 Å². The lowest BCUT2D eigenvalue weighted by atomic mass is 10.2. The third-order valence-electron chi connectivity index (χ3n) is 2.30. The summed E-state index contributed by atoms with van der Waals surface area (Å²) in [4.78, 5) is 11.3. The summed E-state index contributed by atoms with van der Waals surface area (Å²) < 4.78 is 17.8. The molecule has 0 fully saturated rings. The zero-order chi connectivity index (χ0) is 13.4. The van der Waals surface area contributed by atoms with Crippen molar-refractivity contribution in [3.05, 3.63) is 29.6 Å². The zero-order valence-electron chi connectivity index (χ0n) is 10.2. The van der Waals surface area contributed by atoms with E-state index in [0.29, 0.717) is 18.7 Å². The van der Waals surface area contributed by atoms with E-state index in [9.17, 15) is 14.3 Å². The molecule has 0 aromatic heterocycles. The Labute approximate surface area is 105 Å². The van der Waals surface area contributed by atoms with Gasteiger partial charge < -0.3 is 20.5 Å². The number of carbonyl (C=O) groups is 1. The first-order chi connectivity index (χ1) is 8.65. The number of carbonyl (C=O) groups excluding carboxylic acids is 1. The number of para-hydroxylation sites is 1. The molecule has 0 bridgehead atoms.